The summed E-state index contributed by atoms with van der Waals surface area (Å²) in [6.07, 6.45) is 0.371. The number of para-hydroxylation sites is 1. The van der Waals surface area contributed by atoms with Crippen molar-refractivity contribution in [2.45, 2.75) is 30.0 Å². The Kier molecular flexibility index (Phi) is 8.17. The highest BCUT2D eigenvalue weighted by Crippen LogP contribution is 2.26. The molecule has 2 aromatic carbocycles. The highest BCUT2D eigenvalue weighted by atomic mass is 32.2. The van der Waals surface area contributed by atoms with Crippen LogP contribution in [-0.4, -0.2) is 56.8 Å². The number of rotatable bonds is 8. The zero-order valence-electron chi connectivity index (χ0n) is 18.4. The predicted molar refractivity (Wildman–Crippen MR) is 122 cm³/mol. The highest BCUT2D eigenvalue weighted by molar-refractivity contribution is 7.92. The number of hydrogen-bond donors (Lipinski definition) is 2. The number of hydrogen-bond acceptors (Lipinski definition) is 7. The van der Waals surface area contributed by atoms with Crippen LogP contribution in [0.25, 0.3) is 0 Å². The second-order valence-electron chi connectivity index (χ2n) is 7.87. The first kappa shape index (κ1) is 24.8. The maximum Gasteiger partial charge on any atom is 0.411 e. The lowest BCUT2D eigenvalue weighted by Crippen LogP contribution is -2.46. The van der Waals surface area contributed by atoms with Gasteiger partial charge in [-0.3, -0.25) is 10.1 Å². The summed E-state index contributed by atoms with van der Waals surface area (Å²) in [6.45, 7) is 2.93. The van der Waals surface area contributed by atoms with Crippen LogP contribution in [0.5, 0.6) is 0 Å². The molecule has 0 aromatic heterocycles. The van der Waals surface area contributed by atoms with E-state index in [1.54, 1.807) is 19.1 Å². The lowest BCUT2D eigenvalue weighted by Gasteiger charge is -2.32. The minimum absolute atomic E-state index is 0.0365. The second kappa shape index (κ2) is 10.9. The monoisotopic (exact) mass is 477 g/mol. The van der Waals surface area contributed by atoms with Crippen molar-refractivity contribution in [3.63, 3.8) is 0 Å². The third kappa shape index (κ3) is 6.16. The van der Waals surface area contributed by atoms with E-state index in [9.17, 15) is 22.4 Å². The molecule has 0 radical (unpaired) electrons. The minimum atomic E-state index is -3.94. The number of likely N-dealkylation sites (tertiary alicyclic amines) is 1. The molecule has 178 valence electrons. The van der Waals surface area contributed by atoms with E-state index >= 15 is 0 Å². The Labute approximate surface area is 192 Å². The first-order valence-corrected chi connectivity index (χ1v) is 12.3. The van der Waals surface area contributed by atoms with Gasteiger partial charge in [0.15, 0.2) is 15.6 Å². The van der Waals surface area contributed by atoms with Crippen molar-refractivity contribution in [1.29, 1.82) is 0 Å². The molecule has 0 spiro atoms. The standard InChI is InChI=1S/C23H28FN3O5S/c1-2-32-23(29)26-19-5-3-4-6-20(19)33(30,31)21(25)15-27-13-11-17(12-14-27)22(28)16-7-9-18(24)10-8-16/h3-10,17,21H,2,11-15,25H2,1H3,(H,26,29). The van der Waals surface area contributed by atoms with Crippen molar-refractivity contribution in [2.24, 2.45) is 11.7 Å². The summed E-state index contributed by atoms with van der Waals surface area (Å²) in [5, 5.41) is 1.23. The number of ketones is 1. The van der Waals surface area contributed by atoms with Crippen molar-refractivity contribution in [2.75, 3.05) is 31.6 Å². The summed E-state index contributed by atoms with van der Waals surface area (Å²) in [7, 11) is -3.94. The molecule has 8 nitrogen and oxygen atoms in total. The fourth-order valence-corrected chi connectivity index (χ4v) is 5.27. The average molecular weight is 478 g/mol. The Hall–Kier alpha value is -2.82. The molecule has 0 aliphatic carbocycles. The number of carbonyl (C=O) groups is 2. The van der Waals surface area contributed by atoms with Crippen LogP contribution in [0.2, 0.25) is 0 Å². The molecule has 1 amide bonds. The van der Waals surface area contributed by atoms with Crippen molar-refractivity contribution in [3.8, 4) is 0 Å². The van der Waals surface area contributed by atoms with Gasteiger partial charge in [-0.25, -0.2) is 17.6 Å². The van der Waals surface area contributed by atoms with Crippen LogP contribution in [-0.2, 0) is 14.6 Å². The molecular formula is C23H28FN3O5S. The number of piperidine rings is 1. The van der Waals surface area contributed by atoms with Crippen molar-refractivity contribution in [3.05, 3.63) is 59.9 Å². The molecule has 10 heteroatoms. The quantitative estimate of drug-likeness (QED) is 0.561. The van der Waals surface area contributed by atoms with Gasteiger partial charge < -0.3 is 15.4 Å². The maximum atomic E-state index is 13.1. The van der Waals surface area contributed by atoms with Gasteiger partial charge in [0.05, 0.1) is 17.2 Å². The Morgan fingerprint density at radius 3 is 2.42 bits per heavy atom. The Morgan fingerprint density at radius 2 is 1.79 bits per heavy atom. The molecule has 3 rings (SSSR count). The van der Waals surface area contributed by atoms with Gasteiger partial charge in [-0.2, -0.15) is 0 Å². The van der Waals surface area contributed by atoms with Gasteiger partial charge in [0.1, 0.15) is 11.2 Å². The highest BCUT2D eigenvalue weighted by Gasteiger charge is 2.32. The SMILES string of the molecule is CCOC(=O)Nc1ccccc1S(=O)(=O)C(N)CN1CCC(C(=O)c2ccc(F)cc2)CC1. The van der Waals surface area contributed by atoms with Gasteiger partial charge in [-0.15, -0.1) is 0 Å². The molecule has 1 aliphatic heterocycles. The molecule has 1 unspecified atom stereocenters. The summed E-state index contributed by atoms with van der Waals surface area (Å²) in [4.78, 5) is 26.3. The van der Waals surface area contributed by atoms with E-state index in [1.807, 2.05) is 4.90 Å². The van der Waals surface area contributed by atoms with Crippen LogP contribution in [0.4, 0.5) is 14.9 Å². The van der Waals surface area contributed by atoms with Crippen LogP contribution in [0.15, 0.2) is 53.4 Å². The molecule has 0 saturated carbocycles. The summed E-state index contributed by atoms with van der Waals surface area (Å²) >= 11 is 0. The number of Topliss-reactive ketones (excluding diaryl/α,β-unsaturated/α-hetero) is 1. The first-order chi connectivity index (χ1) is 15.7. The van der Waals surface area contributed by atoms with Gasteiger partial charge >= 0.3 is 6.09 Å². The molecule has 1 fully saturated rings. The molecular weight excluding hydrogens is 449 g/mol. The fraction of sp³-hybridized carbons (Fsp3) is 0.391. The zero-order valence-corrected chi connectivity index (χ0v) is 19.2. The predicted octanol–water partition coefficient (Wildman–Crippen LogP) is 3.05. The smallest absolute Gasteiger partial charge is 0.411 e. The van der Waals surface area contributed by atoms with Gasteiger partial charge in [0.2, 0.25) is 0 Å². The minimum Gasteiger partial charge on any atom is -0.450 e. The van der Waals surface area contributed by atoms with Crippen molar-refractivity contribution < 1.29 is 27.1 Å². The molecule has 2 aromatic rings. The normalized spacial score (nSPS) is 16.2. The largest absolute Gasteiger partial charge is 0.450 e. The van der Waals surface area contributed by atoms with Gasteiger partial charge in [-0.05, 0) is 69.3 Å². The lowest BCUT2D eigenvalue weighted by molar-refractivity contribution is 0.0840. The van der Waals surface area contributed by atoms with Gasteiger partial charge in [0, 0.05) is 18.0 Å². The summed E-state index contributed by atoms with van der Waals surface area (Å²) < 4.78 is 44.2. The maximum absolute atomic E-state index is 13.1. The number of halogens is 1. The van der Waals surface area contributed by atoms with Crippen LogP contribution >= 0.6 is 0 Å². The summed E-state index contributed by atoms with van der Waals surface area (Å²) in [6, 6.07) is 11.5. The Bertz CT molecular complexity index is 1080. The van der Waals surface area contributed by atoms with Crippen LogP contribution < -0.4 is 11.1 Å². The summed E-state index contributed by atoms with van der Waals surface area (Å²) in [5.74, 6) is -0.629. The Balaban J connectivity index is 1.62. The number of sulfone groups is 1. The molecule has 1 saturated heterocycles. The van der Waals surface area contributed by atoms with Crippen molar-refractivity contribution in [1.82, 2.24) is 4.90 Å². The van der Waals surface area contributed by atoms with E-state index in [0.717, 1.165) is 0 Å². The summed E-state index contributed by atoms with van der Waals surface area (Å²) in [5.41, 5.74) is 6.67. The van der Waals surface area contributed by atoms with Crippen LogP contribution in [0.1, 0.15) is 30.1 Å². The van der Waals surface area contributed by atoms with Crippen LogP contribution in [0, 0.1) is 11.7 Å². The van der Waals surface area contributed by atoms with Gasteiger partial charge in [0.25, 0.3) is 0 Å². The topological polar surface area (TPSA) is 119 Å². The van der Waals surface area contributed by atoms with E-state index < -0.39 is 27.1 Å². The Morgan fingerprint density at radius 1 is 1.15 bits per heavy atom. The third-order valence-corrected chi connectivity index (χ3v) is 7.54. The number of ether oxygens (including phenoxy) is 1. The van der Waals surface area contributed by atoms with E-state index in [2.05, 4.69) is 5.32 Å². The van der Waals surface area contributed by atoms with E-state index in [1.165, 1.54) is 36.4 Å². The number of nitrogens with zero attached hydrogens (tertiary/aromatic N) is 1. The molecule has 1 atom stereocenters. The number of amides is 1. The number of nitrogens with two attached hydrogens (primary N) is 1. The lowest BCUT2D eigenvalue weighted by atomic mass is 9.89. The third-order valence-electron chi connectivity index (χ3n) is 5.63. The second-order valence-corrected chi connectivity index (χ2v) is 10.0. The van der Waals surface area contributed by atoms with E-state index in [0.29, 0.717) is 31.5 Å². The van der Waals surface area contributed by atoms with E-state index in [-0.39, 0.29) is 35.4 Å². The number of nitrogens with one attached hydrogen (secondary N) is 1. The molecule has 33 heavy (non-hydrogen) atoms. The first-order valence-electron chi connectivity index (χ1n) is 10.8. The zero-order chi connectivity index (χ0) is 24.0. The number of anilines is 1. The van der Waals surface area contributed by atoms with Crippen LogP contribution in [0.3, 0.4) is 0 Å². The van der Waals surface area contributed by atoms with Crippen molar-refractivity contribution >= 4 is 27.4 Å². The fourth-order valence-electron chi connectivity index (χ4n) is 3.84. The number of benzene rings is 2. The van der Waals surface area contributed by atoms with Gasteiger partial charge in [-0.1, -0.05) is 12.1 Å². The molecule has 0 bridgehead atoms. The average Bonchev–Trinajstić information content (AvgIpc) is 2.80. The molecule has 1 heterocycles. The molecule has 1 aliphatic rings. The molecule has 3 N–H and O–H groups in total. The van der Waals surface area contributed by atoms with E-state index in [4.69, 9.17) is 10.5 Å². The number of carbonyl (C=O) groups excluding carboxylic acids is 2.